The molecule has 0 spiro atoms. The third-order valence-corrected chi connectivity index (χ3v) is 3.45. The van der Waals surface area contributed by atoms with Gasteiger partial charge in [-0.2, -0.15) is 0 Å². The van der Waals surface area contributed by atoms with Crippen LogP contribution in [0.2, 0.25) is 0 Å². The molecular weight excluding hydrogens is 276 g/mol. The topological polar surface area (TPSA) is 118 Å². The zero-order valence-electron chi connectivity index (χ0n) is 8.91. The number of nitrogen functional groups attached to an aromatic ring is 1. The van der Waals surface area contributed by atoms with Gasteiger partial charge in [-0.3, -0.25) is 4.79 Å². The molecule has 2 aromatic heterocycles. The summed E-state index contributed by atoms with van der Waals surface area (Å²) in [6.07, 6.45) is 0. The van der Waals surface area contributed by atoms with Crippen LogP contribution in [0.1, 0.15) is 26.0 Å². The fraction of sp³-hybridized carbons (Fsp3) is 0.111. The molecule has 0 aliphatic rings. The van der Waals surface area contributed by atoms with Gasteiger partial charge in [-0.1, -0.05) is 0 Å². The van der Waals surface area contributed by atoms with E-state index in [1.807, 2.05) is 0 Å². The highest BCUT2D eigenvalue weighted by atomic mass is 32.1. The number of aromatic nitrogens is 2. The summed E-state index contributed by atoms with van der Waals surface area (Å²) in [5.74, 6) is -1.45. The molecule has 0 saturated carbocycles. The first kappa shape index (κ1) is 12.5. The van der Waals surface area contributed by atoms with Crippen molar-refractivity contribution in [3.8, 4) is 0 Å². The lowest BCUT2D eigenvalue weighted by atomic mass is 10.4. The van der Waals surface area contributed by atoms with Gasteiger partial charge in [0.05, 0.1) is 6.54 Å². The Kier molecular flexibility index (Phi) is 3.53. The normalized spacial score (nSPS) is 10.2. The lowest BCUT2D eigenvalue weighted by Crippen LogP contribution is -2.23. The van der Waals surface area contributed by atoms with Gasteiger partial charge in [0.15, 0.2) is 10.8 Å². The second kappa shape index (κ2) is 5.10. The molecule has 0 saturated heterocycles. The summed E-state index contributed by atoms with van der Waals surface area (Å²) >= 11 is 2.35. The Balaban J connectivity index is 1.95. The number of hydrogen-bond donors (Lipinski definition) is 3. The third kappa shape index (κ3) is 2.81. The molecule has 0 unspecified atom stereocenters. The van der Waals surface area contributed by atoms with Crippen molar-refractivity contribution in [2.75, 3.05) is 5.73 Å². The van der Waals surface area contributed by atoms with E-state index in [0.717, 1.165) is 0 Å². The van der Waals surface area contributed by atoms with E-state index in [1.54, 1.807) is 5.38 Å². The molecule has 0 radical (unpaired) electrons. The second-order valence-electron chi connectivity index (χ2n) is 3.19. The molecule has 18 heavy (non-hydrogen) atoms. The lowest BCUT2D eigenvalue weighted by molar-refractivity contribution is 0.0691. The van der Waals surface area contributed by atoms with E-state index < -0.39 is 5.97 Å². The van der Waals surface area contributed by atoms with Crippen LogP contribution in [0.15, 0.2) is 10.8 Å². The number of amides is 1. The summed E-state index contributed by atoms with van der Waals surface area (Å²) in [5.41, 5.74) is 5.63. The predicted octanol–water partition coefficient (Wildman–Crippen LogP) is 0.810. The Hall–Kier alpha value is -2.00. The van der Waals surface area contributed by atoms with Crippen LogP contribution in [-0.2, 0) is 6.54 Å². The highest BCUT2D eigenvalue weighted by Gasteiger charge is 2.12. The van der Waals surface area contributed by atoms with Gasteiger partial charge in [0.1, 0.15) is 10.7 Å². The van der Waals surface area contributed by atoms with E-state index in [-0.39, 0.29) is 23.8 Å². The summed E-state index contributed by atoms with van der Waals surface area (Å²) < 4.78 is 0. The molecular formula is C9H8N4O3S2. The maximum atomic E-state index is 11.6. The molecule has 9 heteroatoms. The number of carbonyl (C=O) groups excluding carboxylic acids is 1. The standard InChI is InChI=1S/C9H8N4O3S2/c10-9-13-4(2-18-9)7(14)11-1-6-12-5(3-17-6)8(15)16/h2-3H,1H2,(H2,10,13)(H,11,14)(H,15,16). The van der Waals surface area contributed by atoms with Crippen LogP contribution >= 0.6 is 22.7 Å². The Morgan fingerprint density at radius 2 is 2.00 bits per heavy atom. The number of carboxylic acids is 1. The summed E-state index contributed by atoms with van der Waals surface area (Å²) in [5, 5.41) is 15.1. The van der Waals surface area contributed by atoms with E-state index in [4.69, 9.17) is 10.8 Å². The van der Waals surface area contributed by atoms with Crippen molar-refractivity contribution in [3.63, 3.8) is 0 Å². The number of nitrogens with one attached hydrogen (secondary N) is 1. The quantitative estimate of drug-likeness (QED) is 0.764. The number of carbonyl (C=O) groups is 2. The van der Waals surface area contributed by atoms with Crippen LogP contribution in [0.25, 0.3) is 0 Å². The SMILES string of the molecule is Nc1nc(C(=O)NCc2nc(C(=O)O)cs2)cs1. The monoisotopic (exact) mass is 284 g/mol. The number of carboxylic acid groups (broad SMARTS) is 1. The van der Waals surface area contributed by atoms with Crippen molar-refractivity contribution in [2.45, 2.75) is 6.54 Å². The molecule has 4 N–H and O–H groups in total. The molecule has 2 heterocycles. The van der Waals surface area contributed by atoms with Crippen LogP contribution in [-0.4, -0.2) is 27.0 Å². The molecule has 1 amide bonds. The first-order valence-electron chi connectivity index (χ1n) is 4.73. The molecule has 94 valence electrons. The molecule has 2 rings (SSSR count). The highest BCUT2D eigenvalue weighted by Crippen LogP contribution is 2.12. The molecule has 0 aromatic carbocycles. The first-order valence-corrected chi connectivity index (χ1v) is 6.49. The Labute approximate surface area is 109 Å². The average molecular weight is 284 g/mol. The molecule has 2 aromatic rings. The van der Waals surface area contributed by atoms with Gasteiger partial charge in [-0.25, -0.2) is 14.8 Å². The molecule has 0 bridgehead atoms. The number of nitrogens with zero attached hydrogens (tertiary/aromatic N) is 2. The van der Waals surface area contributed by atoms with Gasteiger partial charge in [0.2, 0.25) is 0 Å². The van der Waals surface area contributed by atoms with E-state index in [0.29, 0.717) is 10.1 Å². The highest BCUT2D eigenvalue weighted by molar-refractivity contribution is 7.13. The van der Waals surface area contributed by atoms with Crippen molar-refractivity contribution in [1.29, 1.82) is 0 Å². The van der Waals surface area contributed by atoms with Gasteiger partial charge < -0.3 is 16.2 Å². The largest absolute Gasteiger partial charge is 0.476 e. The van der Waals surface area contributed by atoms with E-state index in [2.05, 4.69) is 15.3 Å². The van der Waals surface area contributed by atoms with Gasteiger partial charge in [0, 0.05) is 10.8 Å². The first-order chi connectivity index (χ1) is 8.56. The summed E-state index contributed by atoms with van der Waals surface area (Å²) in [4.78, 5) is 29.9. The Morgan fingerprint density at radius 3 is 2.56 bits per heavy atom. The van der Waals surface area contributed by atoms with Crippen molar-refractivity contribution < 1.29 is 14.7 Å². The minimum Gasteiger partial charge on any atom is -0.476 e. The van der Waals surface area contributed by atoms with Gasteiger partial charge in [-0.15, -0.1) is 22.7 Å². The third-order valence-electron chi connectivity index (χ3n) is 1.93. The average Bonchev–Trinajstić information content (AvgIpc) is 2.94. The van der Waals surface area contributed by atoms with Crippen LogP contribution in [0.3, 0.4) is 0 Å². The second-order valence-corrected chi connectivity index (χ2v) is 5.02. The zero-order valence-corrected chi connectivity index (χ0v) is 10.5. The van der Waals surface area contributed by atoms with Gasteiger partial charge >= 0.3 is 5.97 Å². The fourth-order valence-electron chi connectivity index (χ4n) is 1.13. The lowest BCUT2D eigenvalue weighted by Gasteiger charge is -1.99. The summed E-state index contributed by atoms with van der Waals surface area (Å²) in [6.45, 7) is 0.161. The van der Waals surface area contributed by atoms with Crippen LogP contribution in [0.5, 0.6) is 0 Å². The number of aromatic carboxylic acids is 1. The molecule has 0 atom stereocenters. The van der Waals surface area contributed by atoms with Crippen molar-refractivity contribution in [1.82, 2.24) is 15.3 Å². The number of anilines is 1. The fourth-order valence-corrected chi connectivity index (χ4v) is 2.38. The minimum absolute atomic E-state index is 0.0258. The summed E-state index contributed by atoms with van der Waals surface area (Å²) in [7, 11) is 0. The van der Waals surface area contributed by atoms with Gasteiger partial charge in [-0.05, 0) is 0 Å². The van der Waals surface area contributed by atoms with E-state index >= 15 is 0 Å². The Bertz CT molecular complexity index is 592. The number of nitrogens with two attached hydrogens (primary N) is 1. The van der Waals surface area contributed by atoms with Crippen molar-refractivity contribution in [2.24, 2.45) is 0 Å². The maximum absolute atomic E-state index is 11.6. The minimum atomic E-state index is -1.09. The van der Waals surface area contributed by atoms with Gasteiger partial charge in [0.25, 0.3) is 5.91 Å². The van der Waals surface area contributed by atoms with Crippen molar-refractivity contribution >= 4 is 39.7 Å². The maximum Gasteiger partial charge on any atom is 0.355 e. The van der Waals surface area contributed by atoms with E-state index in [1.165, 1.54) is 28.1 Å². The summed E-state index contributed by atoms with van der Waals surface area (Å²) in [6, 6.07) is 0. The van der Waals surface area contributed by atoms with E-state index in [9.17, 15) is 9.59 Å². The molecule has 0 fully saturated rings. The van der Waals surface area contributed by atoms with Crippen LogP contribution in [0.4, 0.5) is 5.13 Å². The predicted molar refractivity (Wildman–Crippen MR) is 66.8 cm³/mol. The number of hydrogen-bond acceptors (Lipinski definition) is 7. The number of thiazole rings is 2. The number of rotatable bonds is 4. The van der Waals surface area contributed by atoms with Crippen LogP contribution in [0, 0.1) is 0 Å². The van der Waals surface area contributed by atoms with Crippen molar-refractivity contribution in [3.05, 3.63) is 27.2 Å². The Morgan fingerprint density at radius 1 is 1.28 bits per heavy atom. The molecule has 0 aliphatic heterocycles. The smallest absolute Gasteiger partial charge is 0.355 e. The molecule has 0 aliphatic carbocycles. The van der Waals surface area contributed by atoms with Crippen LogP contribution < -0.4 is 11.1 Å². The molecule has 7 nitrogen and oxygen atoms in total. The zero-order chi connectivity index (χ0) is 13.1.